The predicted octanol–water partition coefficient (Wildman–Crippen LogP) is 2.18. The van der Waals surface area contributed by atoms with Crippen LogP contribution in [0.25, 0.3) is 0 Å². The molecule has 0 saturated carbocycles. The van der Waals surface area contributed by atoms with Crippen molar-refractivity contribution in [3.8, 4) is 0 Å². The van der Waals surface area contributed by atoms with Crippen LogP contribution in [0.5, 0.6) is 0 Å². The molecule has 1 aromatic rings. The lowest BCUT2D eigenvalue weighted by molar-refractivity contribution is -0.122. The molecule has 3 atom stereocenters. The number of halogens is 1. The lowest BCUT2D eigenvalue weighted by Crippen LogP contribution is -2.53. The van der Waals surface area contributed by atoms with Gasteiger partial charge in [-0.2, -0.15) is 0 Å². The van der Waals surface area contributed by atoms with Gasteiger partial charge in [0.1, 0.15) is 11.9 Å². The van der Waals surface area contributed by atoms with Crippen molar-refractivity contribution in [1.82, 2.24) is 9.80 Å². The Morgan fingerprint density at radius 3 is 2.88 bits per heavy atom. The Morgan fingerprint density at radius 2 is 2.24 bits per heavy atom. The zero-order valence-electron chi connectivity index (χ0n) is 14.5. The van der Waals surface area contributed by atoms with Crippen molar-refractivity contribution in [1.29, 1.82) is 0 Å². The summed E-state index contributed by atoms with van der Waals surface area (Å²) in [5, 5.41) is 12.6. The topological polar surface area (TPSA) is 72.9 Å². The number of amides is 3. The van der Waals surface area contributed by atoms with Crippen LogP contribution in [0.15, 0.2) is 18.2 Å². The third-order valence-electron chi connectivity index (χ3n) is 5.13. The first-order chi connectivity index (χ1) is 11.9. The molecule has 0 bridgehead atoms. The average molecular weight is 349 g/mol. The second-order valence-corrected chi connectivity index (χ2v) is 6.92. The average Bonchev–Trinajstić information content (AvgIpc) is 2.95. The second kappa shape index (κ2) is 7.00. The van der Waals surface area contributed by atoms with E-state index in [0.717, 1.165) is 6.42 Å². The summed E-state index contributed by atoms with van der Waals surface area (Å²) < 4.78 is 13.7. The molecule has 1 saturated heterocycles. The van der Waals surface area contributed by atoms with Crippen LogP contribution in [-0.2, 0) is 11.3 Å². The van der Waals surface area contributed by atoms with Gasteiger partial charge in [-0.1, -0.05) is 20.3 Å². The molecule has 0 spiro atoms. The highest BCUT2D eigenvalue weighted by Gasteiger charge is 2.39. The van der Waals surface area contributed by atoms with Crippen molar-refractivity contribution in [2.45, 2.75) is 45.4 Å². The molecule has 0 unspecified atom stereocenters. The summed E-state index contributed by atoms with van der Waals surface area (Å²) in [6.45, 7) is 4.78. The van der Waals surface area contributed by atoms with Gasteiger partial charge in [-0.15, -0.1) is 0 Å². The van der Waals surface area contributed by atoms with Crippen LogP contribution < -0.4 is 5.32 Å². The number of hydrogen-bond acceptors (Lipinski definition) is 3. The first-order valence-electron chi connectivity index (χ1n) is 8.73. The summed E-state index contributed by atoms with van der Waals surface area (Å²) in [5.74, 6) is -0.706. The third kappa shape index (κ3) is 3.46. The Balaban J connectivity index is 1.97. The number of nitrogens with one attached hydrogen (secondary N) is 1. The number of fused-ring (bicyclic) bond motifs is 1. The number of aliphatic hydroxyl groups is 1. The molecular weight excluding hydrogens is 325 g/mol. The van der Waals surface area contributed by atoms with Gasteiger partial charge in [0.05, 0.1) is 12.6 Å². The number of β-amino-alcohol motifs (C(OH)–C–C–N with tert-alkyl or cyclic N) is 1. The Bertz CT molecular complexity index is 682. The van der Waals surface area contributed by atoms with E-state index in [-0.39, 0.29) is 30.9 Å². The number of carbonyl (C=O) groups excluding carboxylic acids is 2. The van der Waals surface area contributed by atoms with E-state index in [1.807, 2.05) is 13.8 Å². The molecule has 3 rings (SSSR count). The highest BCUT2D eigenvalue weighted by atomic mass is 19.1. The van der Waals surface area contributed by atoms with Gasteiger partial charge in [-0.25, -0.2) is 9.18 Å². The fourth-order valence-corrected chi connectivity index (χ4v) is 3.52. The molecule has 0 radical (unpaired) electrons. The Labute approximate surface area is 146 Å². The summed E-state index contributed by atoms with van der Waals surface area (Å²) in [5.41, 5.74) is 1.11. The minimum absolute atomic E-state index is 0.0457. The zero-order chi connectivity index (χ0) is 18.1. The van der Waals surface area contributed by atoms with E-state index in [4.69, 9.17) is 0 Å². The van der Waals surface area contributed by atoms with E-state index in [1.165, 1.54) is 23.1 Å². The van der Waals surface area contributed by atoms with Crippen molar-refractivity contribution in [2.75, 3.05) is 18.4 Å². The molecule has 7 heteroatoms. The number of likely N-dealkylation sites (tertiary alicyclic amines) is 1. The Morgan fingerprint density at radius 1 is 1.48 bits per heavy atom. The molecule has 0 aromatic heterocycles. The maximum atomic E-state index is 13.7. The maximum Gasteiger partial charge on any atom is 0.321 e. The van der Waals surface area contributed by atoms with E-state index in [9.17, 15) is 19.1 Å². The van der Waals surface area contributed by atoms with E-state index in [1.54, 1.807) is 4.90 Å². The third-order valence-corrected chi connectivity index (χ3v) is 5.13. The molecule has 6 nitrogen and oxygen atoms in total. The van der Waals surface area contributed by atoms with Crippen molar-refractivity contribution in [2.24, 2.45) is 5.92 Å². The SMILES string of the molecule is CC[C@H](C)[C@H]1C(=O)Nc2ccc(F)cc2CN1C(=O)N1CC[C@H](O)C1. The zero-order valence-corrected chi connectivity index (χ0v) is 14.5. The summed E-state index contributed by atoms with van der Waals surface area (Å²) in [6, 6.07) is 3.27. The van der Waals surface area contributed by atoms with Crippen LogP contribution >= 0.6 is 0 Å². The predicted molar refractivity (Wildman–Crippen MR) is 91.4 cm³/mol. The van der Waals surface area contributed by atoms with E-state index >= 15 is 0 Å². The number of rotatable bonds is 2. The molecule has 2 aliphatic heterocycles. The van der Waals surface area contributed by atoms with Crippen LogP contribution in [0.4, 0.5) is 14.9 Å². The molecule has 3 amide bonds. The minimum atomic E-state index is -0.634. The number of hydrogen-bond donors (Lipinski definition) is 2. The largest absolute Gasteiger partial charge is 0.391 e. The van der Waals surface area contributed by atoms with Gasteiger partial charge in [-0.05, 0) is 36.1 Å². The molecule has 2 N–H and O–H groups in total. The molecule has 2 aliphatic rings. The van der Waals surface area contributed by atoms with E-state index < -0.39 is 18.0 Å². The van der Waals surface area contributed by atoms with Crippen molar-refractivity contribution >= 4 is 17.6 Å². The van der Waals surface area contributed by atoms with Crippen molar-refractivity contribution in [3.63, 3.8) is 0 Å². The van der Waals surface area contributed by atoms with Crippen LogP contribution in [0.2, 0.25) is 0 Å². The number of anilines is 1. The molecular formula is C18H24FN3O3. The summed E-state index contributed by atoms with van der Waals surface area (Å²) in [6.07, 6.45) is 0.733. The Hall–Kier alpha value is -2.15. The number of carbonyl (C=O) groups is 2. The fraction of sp³-hybridized carbons (Fsp3) is 0.556. The smallest absolute Gasteiger partial charge is 0.321 e. The molecule has 1 fully saturated rings. The van der Waals surface area contributed by atoms with Gasteiger partial charge in [0.15, 0.2) is 0 Å². The lowest BCUT2D eigenvalue weighted by Gasteiger charge is -2.35. The van der Waals surface area contributed by atoms with E-state index in [0.29, 0.717) is 24.2 Å². The molecule has 25 heavy (non-hydrogen) atoms. The number of benzene rings is 1. The first-order valence-corrected chi connectivity index (χ1v) is 8.73. The molecule has 0 aliphatic carbocycles. The van der Waals surface area contributed by atoms with Gasteiger partial charge < -0.3 is 20.2 Å². The van der Waals surface area contributed by atoms with Crippen molar-refractivity contribution in [3.05, 3.63) is 29.6 Å². The van der Waals surface area contributed by atoms with Crippen LogP contribution in [0.1, 0.15) is 32.3 Å². The van der Waals surface area contributed by atoms with Crippen molar-refractivity contribution < 1.29 is 19.1 Å². The quantitative estimate of drug-likeness (QED) is 0.860. The van der Waals surface area contributed by atoms with Gasteiger partial charge in [-0.3, -0.25) is 4.79 Å². The highest BCUT2D eigenvalue weighted by molar-refractivity contribution is 5.98. The highest BCUT2D eigenvalue weighted by Crippen LogP contribution is 2.29. The second-order valence-electron chi connectivity index (χ2n) is 6.92. The van der Waals surface area contributed by atoms with Gasteiger partial charge >= 0.3 is 6.03 Å². The Kier molecular flexibility index (Phi) is 4.94. The molecule has 2 heterocycles. The van der Waals surface area contributed by atoms with E-state index in [2.05, 4.69) is 5.32 Å². The molecule has 1 aromatic carbocycles. The summed E-state index contributed by atoms with van der Waals surface area (Å²) in [4.78, 5) is 28.9. The van der Waals surface area contributed by atoms with Gasteiger partial charge in [0.2, 0.25) is 5.91 Å². The lowest BCUT2D eigenvalue weighted by atomic mass is 9.97. The number of urea groups is 1. The fourth-order valence-electron chi connectivity index (χ4n) is 3.52. The van der Waals surface area contributed by atoms with Crippen LogP contribution in [0.3, 0.4) is 0 Å². The normalized spacial score (nSPS) is 24.6. The monoisotopic (exact) mass is 349 g/mol. The van der Waals surface area contributed by atoms with Gasteiger partial charge in [0, 0.05) is 18.8 Å². The van der Waals surface area contributed by atoms with Crippen LogP contribution in [-0.4, -0.2) is 52.1 Å². The van der Waals surface area contributed by atoms with Gasteiger partial charge in [0.25, 0.3) is 0 Å². The minimum Gasteiger partial charge on any atom is -0.391 e. The maximum absolute atomic E-state index is 13.7. The van der Waals surface area contributed by atoms with Crippen LogP contribution in [0, 0.1) is 11.7 Å². The standard InChI is InChI=1S/C18H24FN3O3/c1-3-11(2)16-17(24)20-15-5-4-13(19)8-12(15)9-22(16)18(25)21-7-6-14(23)10-21/h4-5,8,11,14,16,23H,3,6-7,9-10H2,1-2H3,(H,20,24)/t11-,14-,16-/m0/s1. The first kappa shape index (κ1) is 17.7. The number of nitrogens with zero attached hydrogens (tertiary/aromatic N) is 2. The molecule has 136 valence electrons. The summed E-state index contributed by atoms with van der Waals surface area (Å²) >= 11 is 0. The number of aliphatic hydroxyl groups excluding tert-OH is 1. The summed E-state index contributed by atoms with van der Waals surface area (Å²) in [7, 11) is 0.